The summed E-state index contributed by atoms with van der Waals surface area (Å²) >= 11 is 0. The summed E-state index contributed by atoms with van der Waals surface area (Å²) < 4.78 is 12.2. The van der Waals surface area contributed by atoms with Crippen molar-refractivity contribution in [3.63, 3.8) is 0 Å². The van der Waals surface area contributed by atoms with Gasteiger partial charge in [-0.25, -0.2) is 19.6 Å². The molecule has 1 N–H and O–H groups in total. The summed E-state index contributed by atoms with van der Waals surface area (Å²) in [7, 11) is 1.64. The molecule has 0 aliphatic rings. The zero-order valence-electron chi connectivity index (χ0n) is 18.0. The van der Waals surface area contributed by atoms with E-state index in [2.05, 4.69) is 25.4 Å². The molecule has 164 valence electrons. The zero-order valence-corrected chi connectivity index (χ0v) is 18.0. The number of amides is 1. The molecule has 9 nitrogen and oxygen atoms in total. The van der Waals surface area contributed by atoms with Crippen LogP contribution in [0.1, 0.15) is 5.69 Å². The number of aryl methyl sites for hydroxylation is 1. The van der Waals surface area contributed by atoms with Gasteiger partial charge in [0, 0.05) is 17.8 Å². The molecule has 33 heavy (non-hydrogen) atoms. The minimum atomic E-state index is -0.312. The van der Waals surface area contributed by atoms with Crippen molar-refractivity contribution < 1.29 is 13.9 Å². The van der Waals surface area contributed by atoms with E-state index in [1.165, 1.54) is 0 Å². The fourth-order valence-electron chi connectivity index (χ4n) is 3.68. The zero-order chi connectivity index (χ0) is 22.8. The number of carbonyl (C=O) groups excluding carboxylic acids is 1. The number of pyridine rings is 1. The van der Waals surface area contributed by atoms with Gasteiger partial charge in [0.25, 0.3) is 0 Å². The number of benzene rings is 1. The Kier molecular flexibility index (Phi) is 5.27. The van der Waals surface area contributed by atoms with Gasteiger partial charge in [-0.1, -0.05) is 12.1 Å². The minimum absolute atomic E-state index is 0.0300. The summed E-state index contributed by atoms with van der Waals surface area (Å²) in [5.41, 5.74) is 3.99. The predicted molar refractivity (Wildman–Crippen MR) is 123 cm³/mol. The maximum atomic E-state index is 12.7. The Balaban J connectivity index is 1.40. The van der Waals surface area contributed by atoms with Crippen molar-refractivity contribution in [3.8, 4) is 28.3 Å². The van der Waals surface area contributed by atoms with Crippen LogP contribution in [0.15, 0.2) is 71.6 Å². The number of anilines is 1. The van der Waals surface area contributed by atoms with Crippen LogP contribution in [-0.2, 0) is 11.3 Å². The van der Waals surface area contributed by atoms with E-state index in [0.29, 0.717) is 17.1 Å². The molecule has 0 spiro atoms. The largest absolute Gasteiger partial charge is 0.497 e. The molecule has 0 bridgehead atoms. The molecule has 5 aromatic rings. The van der Waals surface area contributed by atoms with Crippen LogP contribution in [0, 0.1) is 6.92 Å². The van der Waals surface area contributed by atoms with E-state index in [9.17, 15) is 4.79 Å². The average Bonchev–Trinajstić information content (AvgIpc) is 3.48. The fourth-order valence-corrected chi connectivity index (χ4v) is 3.68. The quantitative estimate of drug-likeness (QED) is 0.423. The Morgan fingerprint density at radius 3 is 2.67 bits per heavy atom. The van der Waals surface area contributed by atoms with Gasteiger partial charge in [0.1, 0.15) is 18.0 Å². The molecule has 5 rings (SSSR count). The summed E-state index contributed by atoms with van der Waals surface area (Å²) in [6, 6.07) is 15.0. The summed E-state index contributed by atoms with van der Waals surface area (Å²) in [6.07, 6.45) is 4.85. The summed E-state index contributed by atoms with van der Waals surface area (Å²) in [6.45, 7) is 1.87. The molecule has 0 atom stereocenters. The number of furan rings is 1. The van der Waals surface area contributed by atoms with E-state index in [0.717, 1.165) is 28.0 Å². The number of rotatable bonds is 6. The molecular formula is C24H20N6O3. The lowest BCUT2D eigenvalue weighted by molar-refractivity contribution is -0.116. The minimum Gasteiger partial charge on any atom is -0.497 e. The SMILES string of the molecule is COc1ccc(-c2ccnc3c2c(C)nn3CC(=O)Nc2nccc(-c3ccco3)n2)cc1. The maximum absolute atomic E-state index is 12.7. The molecule has 0 aliphatic carbocycles. The third kappa shape index (κ3) is 4.03. The number of nitrogens with one attached hydrogen (secondary N) is 1. The molecule has 0 radical (unpaired) electrons. The third-order valence-electron chi connectivity index (χ3n) is 5.18. The molecule has 4 aromatic heterocycles. The van der Waals surface area contributed by atoms with Gasteiger partial charge < -0.3 is 9.15 Å². The van der Waals surface area contributed by atoms with Crippen LogP contribution in [0.3, 0.4) is 0 Å². The van der Waals surface area contributed by atoms with E-state index < -0.39 is 0 Å². The van der Waals surface area contributed by atoms with Gasteiger partial charge >= 0.3 is 0 Å². The number of hydrogen-bond acceptors (Lipinski definition) is 7. The highest BCUT2D eigenvalue weighted by Gasteiger charge is 2.17. The number of ether oxygens (including phenoxy) is 1. The molecule has 1 amide bonds. The van der Waals surface area contributed by atoms with E-state index in [-0.39, 0.29) is 18.4 Å². The van der Waals surface area contributed by atoms with Gasteiger partial charge in [-0.15, -0.1) is 0 Å². The fraction of sp³-hybridized carbons (Fsp3) is 0.125. The van der Waals surface area contributed by atoms with E-state index in [4.69, 9.17) is 9.15 Å². The molecule has 0 fully saturated rings. The second-order valence-electron chi connectivity index (χ2n) is 7.32. The second-order valence-corrected chi connectivity index (χ2v) is 7.32. The topological polar surface area (TPSA) is 108 Å². The standard InChI is InChI=1S/C24H20N6O3/c1-15-22-18(16-5-7-17(32-2)8-6-16)9-11-25-23(22)30(29-15)14-21(31)28-24-26-12-10-19(27-24)20-4-3-13-33-20/h3-13H,14H2,1-2H3,(H,26,27,28,31). The highest BCUT2D eigenvalue weighted by molar-refractivity contribution is 5.96. The molecule has 0 saturated carbocycles. The Hall–Kier alpha value is -4.53. The first-order chi connectivity index (χ1) is 16.1. The van der Waals surface area contributed by atoms with Crippen LogP contribution < -0.4 is 10.1 Å². The average molecular weight is 440 g/mol. The van der Waals surface area contributed by atoms with Gasteiger partial charge in [-0.05, 0) is 54.4 Å². The Morgan fingerprint density at radius 1 is 1.09 bits per heavy atom. The Labute approximate surface area is 189 Å². The van der Waals surface area contributed by atoms with Gasteiger partial charge in [0.05, 0.1) is 19.1 Å². The predicted octanol–water partition coefficient (Wildman–Crippen LogP) is 4.10. The first-order valence-electron chi connectivity index (χ1n) is 10.3. The summed E-state index contributed by atoms with van der Waals surface area (Å²) in [5, 5.41) is 8.18. The molecule has 0 saturated heterocycles. The maximum Gasteiger partial charge on any atom is 0.248 e. The third-order valence-corrected chi connectivity index (χ3v) is 5.18. The molecule has 1 aromatic carbocycles. The van der Waals surface area contributed by atoms with Crippen molar-refractivity contribution in [2.24, 2.45) is 0 Å². The molecular weight excluding hydrogens is 420 g/mol. The highest BCUT2D eigenvalue weighted by Crippen LogP contribution is 2.31. The number of fused-ring (bicyclic) bond motifs is 1. The van der Waals surface area contributed by atoms with Crippen molar-refractivity contribution in [3.05, 3.63) is 72.9 Å². The van der Waals surface area contributed by atoms with Crippen LogP contribution in [-0.4, -0.2) is 37.7 Å². The molecule has 9 heteroatoms. The van der Waals surface area contributed by atoms with Gasteiger partial charge in [-0.2, -0.15) is 5.10 Å². The number of carbonyl (C=O) groups is 1. The lowest BCUT2D eigenvalue weighted by Crippen LogP contribution is -2.21. The number of hydrogen-bond donors (Lipinski definition) is 1. The van der Waals surface area contributed by atoms with E-state index in [1.54, 1.807) is 48.6 Å². The number of aromatic nitrogens is 5. The van der Waals surface area contributed by atoms with Crippen molar-refractivity contribution in [2.75, 3.05) is 12.4 Å². The lowest BCUT2D eigenvalue weighted by Gasteiger charge is -2.07. The van der Waals surface area contributed by atoms with Crippen LogP contribution >= 0.6 is 0 Å². The first-order valence-corrected chi connectivity index (χ1v) is 10.3. The van der Waals surface area contributed by atoms with E-state index >= 15 is 0 Å². The normalized spacial score (nSPS) is 11.0. The molecule has 4 heterocycles. The molecule has 0 unspecified atom stereocenters. The number of nitrogens with zero attached hydrogens (tertiary/aromatic N) is 5. The monoisotopic (exact) mass is 440 g/mol. The highest BCUT2D eigenvalue weighted by atomic mass is 16.5. The van der Waals surface area contributed by atoms with Crippen LogP contribution in [0.5, 0.6) is 5.75 Å². The lowest BCUT2D eigenvalue weighted by atomic mass is 10.0. The molecule has 0 aliphatic heterocycles. The second kappa shape index (κ2) is 8.54. The van der Waals surface area contributed by atoms with Crippen molar-refractivity contribution in [1.82, 2.24) is 24.7 Å². The Bertz CT molecular complexity index is 1420. The summed E-state index contributed by atoms with van der Waals surface area (Å²) in [5.74, 6) is 1.25. The van der Waals surface area contributed by atoms with Crippen LogP contribution in [0.2, 0.25) is 0 Å². The van der Waals surface area contributed by atoms with Crippen LogP contribution in [0.4, 0.5) is 5.95 Å². The van der Waals surface area contributed by atoms with Gasteiger partial charge in [0.15, 0.2) is 11.4 Å². The van der Waals surface area contributed by atoms with E-state index in [1.807, 2.05) is 37.3 Å². The van der Waals surface area contributed by atoms with Crippen molar-refractivity contribution >= 4 is 22.9 Å². The van der Waals surface area contributed by atoms with Crippen molar-refractivity contribution in [1.29, 1.82) is 0 Å². The smallest absolute Gasteiger partial charge is 0.248 e. The van der Waals surface area contributed by atoms with Gasteiger partial charge in [0.2, 0.25) is 11.9 Å². The first kappa shape index (κ1) is 20.4. The Morgan fingerprint density at radius 2 is 1.91 bits per heavy atom. The van der Waals surface area contributed by atoms with Gasteiger partial charge in [-0.3, -0.25) is 10.1 Å². The summed E-state index contributed by atoms with van der Waals surface area (Å²) in [4.78, 5) is 25.7. The number of methoxy groups -OCH3 is 1. The van der Waals surface area contributed by atoms with Crippen LogP contribution in [0.25, 0.3) is 33.6 Å². The van der Waals surface area contributed by atoms with Crippen molar-refractivity contribution in [2.45, 2.75) is 13.5 Å².